The van der Waals surface area contributed by atoms with Gasteiger partial charge < -0.3 is 15.2 Å². The van der Waals surface area contributed by atoms with Gasteiger partial charge in [0.2, 0.25) is 5.82 Å². The highest BCUT2D eigenvalue weighted by Gasteiger charge is 2.38. The number of benzene rings is 1. The van der Waals surface area contributed by atoms with Gasteiger partial charge in [-0.15, -0.1) is 24.8 Å². The predicted octanol–water partition coefficient (Wildman–Crippen LogP) is 3.90. The highest BCUT2D eigenvalue weighted by atomic mass is 35.5. The van der Waals surface area contributed by atoms with Crippen LogP contribution in [0.15, 0.2) is 18.2 Å². The molecule has 2 heterocycles. The fourth-order valence-corrected chi connectivity index (χ4v) is 3.35. The van der Waals surface area contributed by atoms with Crippen LogP contribution in [0, 0.1) is 5.92 Å². The molecule has 1 saturated heterocycles. The molecule has 1 aliphatic rings. The van der Waals surface area contributed by atoms with E-state index in [-0.39, 0.29) is 42.2 Å². The monoisotopic (exact) mass is 426 g/mol. The molecule has 0 saturated carbocycles. The number of aromatic nitrogens is 2. The van der Waals surface area contributed by atoms with Crippen LogP contribution in [-0.2, 0) is 6.18 Å². The molecule has 1 fully saturated rings. The van der Waals surface area contributed by atoms with Crippen molar-refractivity contribution in [2.24, 2.45) is 11.7 Å². The third-order valence-corrected chi connectivity index (χ3v) is 4.61. The minimum Gasteiger partial charge on any atom is -0.338 e. The van der Waals surface area contributed by atoms with Crippen molar-refractivity contribution >= 4 is 41.8 Å². The first-order chi connectivity index (χ1) is 11.7. The standard InChI is InChI=1S/C17H21F3N4O.2ClH/c1-10(2)24-14-4-3-12(7-13(14)22-16(24)17(18,19)20)15(25)23-6-5-11(8-21)9-23;;/h3-4,7,10-11H,5-6,8-9,21H2,1-2H3;2*1H. The van der Waals surface area contributed by atoms with E-state index in [1.165, 1.54) is 6.07 Å². The summed E-state index contributed by atoms with van der Waals surface area (Å²) >= 11 is 0. The first-order valence-corrected chi connectivity index (χ1v) is 8.31. The largest absolute Gasteiger partial charge is 0.449 e. The zero-order chi connectivity index (χ0) is 18.4. The van der Waals surface area contributed by atoms with E-state index < -0.39 is 18.0 Å². The minimum absolute atomic E-state index is 0. The van der Waals surface area contributed by atoms with Crippen LogP contribution in [0.3, 0.4) is 0 Å². The molecule has 1 atom stereocenters. The fraction of sp³-hybridized carbons (Fsp3) is 0.529. The van der Waals surface area contributed by atoms with Gasteiger partial charge in [-0.1, -0.05) is 0 Å². The first-order valence-electron chi connectivity index (χ1n) is 8.31. The Kier molecular flexibility index (Phi) is 7.55. The van der Waals surface area contributed by atoms with Crippen LogP contribution in [0.5, 0.6) is 0 Å². The van der Waals surface area contributed by atoms with Gasteiger partial charge in [-0.05, 0) is 50.9 Å². The van der Waals surface area contributed by atoms with Crippen molar-refractivity contribution in [1.82, 2.24) is 14.5 Å². The second-order valence-corrected chi connectivity index (χ2v) is 6.74. The summed E-state index contributed by atoms with van der Waals surface area (Å²) in [5.41, 5.74) is 6.55. The number of halogens is 5. The van der Waals surface area contributed by atoms with Crippen molar-refractivity contribution in [2.75, 3.05) is 19.6 Å². The number of carbonyl (C=O) groups is 1. The van der Waals surface area contributed by atoms with E-state index in [4.69, 9.17) is 5.73 Å². The quantitative estimate of drug-likeness (QED) is 0.808. The second kappa shape index (κ2) is 8.67. The molecule has 0 aliphatic carbocycles. The lowest BCUT2D eigenvalue weighted by Gasteiger charge is -2.17. The van der Waals surface area contributed by atoms with Crippen molar-refractivity contribution in [1.29, 1.82) is 0 Å². The molecule has 1 amide bonds. The average molecular weight is 427 g/mol. The maximum atomic E-state index is 13.3. The average Bonchev–Trinajstić information content (AvgIpc) is 3.17. The summed E-state index contributed by atoms with van der Waals surface area (Å²) in [4.78, 5) is 18.1. The lowest BCUT2D eigenvalue weighted by Crippen LogP contribution is -2.29. The summed E-state index contributed by atoms with van der Waals surface area (Å²) in [7, 11) is 0. The summed E-state index contributed by atoms with van der Waals surface area (Å²) < 4.78 is 40.9. The summed E-state index contributed by atoms with van der Waals surface area (Å²) in [5.74, 6) is -0.846. The van der Waals surface area contributed by atoms with Gasteiger partial charge in [-0.25, -0.2) is 4.98 Å². The highest BCUT2D eigenvalue weighted by molar-refractivity contribution is 5.97. The van der Waals surface area contributed by atoms with Crippen LogP contribution in [-0.4, -0.2) is 40.0 Å². The minimum atomic E-state index is -4.54. The van der Waals surface area contributed by atoms with Crippen LogP contribution >= 0.6 is 24.8 Å². The zero-order valence-electron chi connectivity index (χ0n) is 15.0. The van der Waals surface area contributed by atoms with Gasteiger partial charge in [0, 0.05) is 24.7 Å². The molecule has 3 rings (SSSR count). The van der Waals surface area contributed by atoms with Gasteiger partial charge in [-0.3, -0.25) is 4.79 Å². The Labute approximate surface area is 167 Å². The molecule has 5 nitrogen and oxygen atoms in total. The Hall–Kier alpha value is -1.51. The smallest absolute Gasteiger partial charge is 0.338 e. The topological polar surface area (TPSA) is 64.2 Å². The summed E-state index contributed by atoms with van der Waals surface area (Å²) in [5, 5.41) is 0. The number of amides is 1. The predicted molar refractivity (Wildman–Crippen MR) is 103 cm³/mol. The number of imidazole rings is 1. The zero-order valence-corrected chi connectivity index (χ0v) is 16.6. The number of hydrogen-bond acceptors (Lipinski definition) is 3. The van der Waals surface area contributed by atoms with Gasteiger partial charge in [0.1, 0.15) is 0 Å². The van der Waals surface area contributed by atoms with Crippen molar-refractivity contribution in [2.45, 2.75) is 32.5 Å². The van der Waals surface area contributed by atoms with Crippen molar-refractivity contribution in [3.8, 4) is 0 Å². The normalized spacial score (nSPS) is 17.1. The van der Waals surface area contributed by atoms with E-state index in [0.29, 0.717) is 30.7 Å². The van der Waals surface area contributed by atoms with Gasteiger partial charge in [-0.2, -0.15) is 13.2 Å². The molecular formula is C17H23Cl2F3N4O. The molecule has 2 aromatic rings. The Morgan fingerprint density at radius 1 is 1.33 bits per heavy atom. The number of fused-ring (bicyclic) bond motifs is 1. The molecule has 0 spiro atoms. The van der Waals surface area contributed by atoms with E-state index >= 15 is 0 Å². The Bertz CT molecular complexity index is 807. The Balaban J connectivity index is 0.00000182. The summed E-state index contributed by atoms with van der Waals surface area (Å²) in [6, 6.07) is 4.16. The van der Waals surface area contributed by atoms with Crippen molar-refractivity contribution in [3.05, 3.63) is 29.6 Å². The van der Waals surface area contributed by atoms with Gasteiger partial charge >= 0.3 is 6.18 Å². The number of nitrogens with two attached hydrogens (primary N) is 1. The number of alkyl halides is 3. The Morgan fingerprint density at radius 3 is 2.52 bits per heavy atom. The maximum Gasteiger partial charge on any atom is 0.449 e. The summed E-state index contributed by atoms with van der Waals surface area (Å²) in [6.07, 6.45) is -3.69. The second-order valence-electron chi connectivity index (χ2n) is 6.74. The van der Waals surface area contributed by atoms with Crippen LogP contribution < -0.4 is 5.73 Å². The number of hydrogen-bond donors (Lipinski definition) is 1. The number of rotatable bonds is 3. The van der Waals surface area contributed by atoms with Crippen molar-refractivity contribution in [3.63, 3.8) is 0 Å². The van der Waals surface area contributed by atoms with E-state index in [9.17, 15) is 18.0 Å². The molecule has 1 unspecified atom stereocenters. The first kappa shape index (κ1) is 23.5. The van der Waals surface area contributed by atoms with Crippen LogP contribution in [0.1, 0.15) is 42.5 Å². The van der Waals surface area contributed by atoms with Gasteiger partial charge in [0.25, 0.3) is 5.91 Å². The molecule has 10 heteroatoms. The molecule has 1 aromatic carbocycles. The highest BCUT2D eigenvalue weighted by Crippen LogP contribution is 2.34. The summed E-state index contributed by atoms with van der Waals surface area (Å²) in [6.45, 7) is 5.07. The molecule has 2 N–H and O–H groups in total. The molecule has 152 valence electrons. The third kappa shape index (κ3) is 4.50. The molecule has 0 radical (unpaired) electrons. The van der Waals surface area contributed by atoms with Crippen LogP contribution in [0.4, 0.5) is 13.2 Å². The van der Waals surface area contributed by atoms with Crippen molar-refractivity contribution < 1.29 is 18.0 Å². The number of nitrogens with zero attached hydrogens (tertiary/aromatic N) is 3. The Morgan fingerprint density at radius 2 is 2.00 bits per heavy atom. The van der Waals surface area contributed by atoms with E-state index in [1.807, 2.05) is 0 Å². The fourth-order valence-electron chi connectivity index (χ4n) is 3.35. The SMILES string of the molecule is CC(C)n1c(C(F)(F)F)nc2cc(C(=O)N3CCC(CN)C3)ccc21.Cl.Cl. The van der Waals surface area contributed by atoms with E-state index in [0.717, 1.165) is 11.0 Å². The van der Waals surface area contributed by atoms with E-state index in [2.05, 4.69) is 4.98 Å². The lowest BCUT2D eigenvalue weighted by atomic mass is 10.1. The van der Waals surface area contributed by atoms with Gasteiger partial charge in [0.05, 0.1) is 11.0 Å². The number of likely N-dealkylation sites (tertiary alicyclic amines) is 1. The van der Waals surface area contributed by atoms with Crippen LogP contribution in [0.25, 0.3) is 11.0 Å². The molecular weight excluding hydrogens is 404 g/mol. The van der Waals surface area contributed by atoms with Crippen LogP contribution in [0.2, 0.25) is 0 Å². The lowest BCUT2D eigenvalue weighted by molar-refractivity contribution is -0.147. The van der Waals surface area contributed by atoms with E-state index in [1.54, 1.807) is 30.9 Å². The third-order valence-electron chi connectivity index (χ3n) is 4.61. The molecule has 27 heavy (non-hydrogen) atoms. The molecule has 1 aliphatic heterocycles. The molecule has 1 aromatic heterocycles. The molecule has 0 bridgehead atoms. The maximum absolute atomic E-state index is 13.3. The number of carbonyl (C=O) groups excluding carboxylic acids is 1. The van der Waals surface area contributed by atoms with Gasteiger partial charge in [0.15, 0.2) is 0 Å².